The fourth-order valence-electron chi connectivity index (χ4n) is 1.87. The second kappa shape index (κ2) is 7.65. The minimum Gasteiger partial charge on any atom is -0.480 e. The highest BCUT2D eigenvalue weighted by atomic mass is 16.4. The maximum absolute atomic E-state index is 11.8. The molecule has 0 unspecified atom stereocenters. The van der Waals surface area contributed by atoms with E-state index in [-0.39, 0.29) is 12.3 Å². The van der Waals surface area contributed by atoms with E-state index in [0.717, 1.165) is 5.56 Å². The number of aliphatic hydroxyl groups is 1. The second-order valence-corrected chi connectivity index (χ2v) is 5.23. The number of carbonyl (C=O) groups excluding carboxylic acids is 1. The highest BCUT2D eigenvalue weighted by Gasteiger charge is 2.24. The van der Waals surface area contributed by atoms with Crippen molar-refractivity contribution in [3.8, 4) is 0 Å². The molecule has 5 heteroatoms. The number of benzene rings is 1. The van der Waals surface area contributed by atoms with Crippen LogP contribution >= 0.6 is 0 Å². The van der Waals surface area contributed by atoms with Crippen LogP contribution in [0.3, 0.4) is 0 Å². The van der Waals surface area contributed by atoms with Crippen molar-refractivity contribution in [2.24, 2.45) is 5.92 Å². The lowest BCUT2D eigenvalue weighted by molar-refractivity contribution is -0.143. The van der Waals surface area contributed by atoms with Crippen LogP contribution in [-0.4, -0.2) is 34.2 Å². The van der Waals surface area contributed by atoms with Crippen LogP contribution in [0.4, 0.5) is 0 Å². The Bertz CT molecular complexity index is 444. The Hall–Kier alpha value is -1.88. The van der Waals surface area contributed by atoms with Crippen LogP contribution in [0, 0.1) is 5.92 Å². The number of amides is 1. The molecule has 1 amide bonds. The average Bonchev–Trinajstić information content (AvgIpc) is 2.38. The normalized spacial score (nSPS) is 13.8. The first-order valence-corrected chi connectivity index (χ1v) is 6.65. The zero-order chi connectivity index (χ0) is 15.1. The van der Waals surface area contributed by atoms with Gasteiger partial charge in [0.25, 0.3) is 0 Å². The molecule has 0 radical (unpaired) electrons. The van der Waals surface area contributed by atoms with Crippen LogP contribution in [0.15, 0.2) is 30.3 Å². The molecule has 1 rings (SSSR count). The average molecular weight is 279 g/mol. The van der Waals surface area contributed by atoms with Gasteiger partial charge in [0.15, 0.2) is 0 Å². The fourth-order valence-corrected chi connectivity index (χ4v) is 1.87. The van der Waals surface area contributed by atoms with Gasteiger partial charge in [0.1, 0.15) is 12.1 Å². The maximum Gasteiger partial charge on any atom is 0.326 e. The molecule has 1 aromatic carbocycles. The van der Waals surface area contributed by atoms with Gasteiger partial charge in [0.2, 0.25) is 5.91 Å². The largest absolute Gasteiger partial charge is 0.480 e. The molecule has 0 heterocycles. The van der Waals surface area contributed by atoms with Crippen molar-refractivity contribution in [2.45, 2.75) is 38.8 Å². The van der Waals surface area contributed by atoms with Gasteiger partial charge in [-0.3, -0.25) is 4.79 Å². The summed E-state index contributed by atoms with van der Waals surface area (Å²) in [5.74, 6) is -1.59. The van der Waals surface area contributed by atoms with E-state index >= 15 is 0 Å². The van der Waals surface area contributed by atoms with Crippen molar-refractivity contribution in [1.82, 2.24) is 5.32 Å². The molecule has 0 aliphatic heterocycles. The van der Waals surface area contributed by atoms with E-state index in [4.69, 9.17) is 5.11 Å². The van der Waals surface area contributed by atoms with Crippen molar-refractivity contribution in [2.75, 3.05) is 0 Å². The molecule has 0 bridgehead atoms. The summed E-state index contributed by atoms with van der Waals surface area (Å²) >= 11 is 0. The highest BCUT2D eigenvalue weighted by Crippen LogP contribution is 2.07. The van der Waals surface area contributed by atoms with E-state index in [1.54, 1.807) is 12.1 Å². The highest BCUT2D eigenvalue weighted by molar-refractivity contribution is 5.86. The summed E-state index contributed by atoms with van der Waals surface area (Å²) in [6.45, 7) is 3.77. The van der Waals surface area contributed by atoms with Gasteiger partial charge in [-0.05, 0) is 17.9 Å². The summed E-state index contributed by atoms with van der Waals surface area (Å²) in [5.41, 5.74) is 0.818. The minimum absolute atomic E-state index is 0.160. The number of nitrogens with one attached hydrogen (secondary N) is 1. The number of carboxylic acids is 1. The predicted molar refractivity (Wildman–Crippen MR) is 75.2 cm³/mol. The molecular formula is C15H21NO4. The van der Waals surface area contributed by atoms with Gasteiger partial charge in [-0.1, -0.05) is 44.2 Å². The summed E-state index contributed by atoms with van der Waals surface area (Å²) in [7, 11) is 0. The van der Waals surface area contributed by atoms with Gasteiger partial charge >= 0.3 is 5.97 Å². The standard InChI is InChI=1S/C15H21NO4/c1-10(2)8-13(17)14(18)16-12(15(19)20)9-11-6-4-3-5-7-11/h3-7,10,12-13,17H,8-9H2,1-2H3,(H,16,18)(H,19,20)/t12-,13-/m0/s1. The molecule has 0 spiro atoms. The molecule has 1 aromatic rings. The molecule has 20 heavy (non-hydrogen) atoms. The van der Waals surface area contributed by atoms with E-state index in [1.807, 2.05) is 32.0 Å². The SMILES string of the molecule is CC(C)C[C@H](O)C(=O)N[C@@H](Cc1ccccc1)C(=O)O. The Labute approximate surface area is 118 Å². The summed E-state index contributed by atoms with van der Waals surface area (Å²) in [5, 5.41) is 21.2. The number of carbonyl (C=O) groups is 2. The van der Waals surface area contributed by atoms with E-state index in [9.17, 15) is 14.7 Å². The first-order chi connectivity index (χ1) is 9.40. The van der Waals surface area contributed by atoms with Gasteiger partial charge in [-0.15, -0.1) is 0 Å². The molecular weight excluding hydrogens is 258 g/mol. The van der Waals surface area contributed by atoms with Gasteiger partial charge < -0.3 is 15.5 Å². The van der Waals surface area contributed by atoms with Crippen LogP contribution in [0.5, 0.6) is 0 Å². The number of rotatable bonds is 7. The molecule has 0 saturated carbocycles. The monoisotopic (exact) mass is 279 g/mol. The van der Waals surface area contributed by atoms with Crippen LogP contribution in [-0.2, 0) is 16.0 Å². The molecule has 0 saturated heterocycles. The Morgan fingerprint density at radius 1 is 1.20 bits per heavy atom. The van der Waals surface area contributed by atoms with Gasteiger partial charge in [-0.2, -0.15) is 0 Å². The third kappa shape index (κ3) is 5.40. The lowest BCUT2D eigenvalue weighted by atomic mass is 10.0. The van der Waals surface area contributed by atoms with Gasteiger partial charge in [-0.25, -0.2) is 4.79 Å². The Balaban J connectivity index is 2.64. The van der Waals surface area contributed by atoms with Crippen molar-refractivity contribution >= 4 is 11.9 Å². The topological polar surface area (TPSA) is 86.6 Å². The van der Waals surface area contributed by atoms with Crippen LogP contribution < -0.4 is 5.32 Å². The summed E-state index contributed by atoms with van der Waals surface area (Å²) in [4.78, 5) is 22.9. The Morgan fingerprint density at radius 3 is 2.30 bits per heavy atom. The van der Waals surface area contributed by atoms with Crippen molar-refractivity contribution in [3.05, 3.63) is 35.9 Å². The van der Waals surface area contributed by atoms with Crippen LogP contribution in [0.1, 0.15) is 25.8 Å². The lowest BCUT2D eigenvalue weighted by Gasteiger charge is -2.18. The number of aliphatic hydroxyl groups excluding tert-OH is 1. The fraction of sp³-hybridized carbons (Fsp3) is 0.467. The summed E-state index contributed by atoms with van der Waals surface area (Å²) in [6, 6.07) is 8.02. The lowest BCUT2D eigenvalue weighted by Crippen LogP contribution is -2.46. The summed E-state index contributed by atoms with van der Waals surface area (Å²) < 4.78 is 0. The first kappa shape index (κ1) is 16.2. The molecule has 0 aromatic heterocycles. The summed E-state index contributed by atoms with van der Waals surface area (Å²) in [6.07, 6.45) is -0.674. The third-order valence-electron chi connectivity index (χ3n) is 2.89. The van der Waals surface area contributed by atoms with Gasteiger partial charge in [0.05, 0.1) is 0 Å². The molecule has 0 aliphatic rings. The number of hydrogen-bond donors (Lipinski definition) is 3. The smallest absolute Gasteiger partial charge is 0.326 e. The minimum atomic E-state index is -1.17. The quantitative estimate of drug-likeness (QED) is 0.700. The second-order valence-electron chi connectivity index (χ2n) is 5.23. The number of carboxylic acid groups (broad SMARTS) is 1. The first-order valence-electron chi connectivity index (χ1n) is 6.65. The third-order valence-corrected chi connectivity index (χ3v) is 2.89. The molecule has 2 atom stereocenters. The van der Waals surface area contributed by atoms with E-state index in [0.29, 0.717) is 6.42 Å². The van der Waals surface area contributed by atoms with Crippen LogP contribution in [0.25, 0.3) is 0 Å². The van der Waals surface area contributed by atoms with E-state index in [1.165, 1.54) is 0 Å². The number of aliphatic carboxylic acids is 1. The zero-order valence-corrected chi connectivity index (χ0v) is 11.7. The Kier molecular flexibility index (Phi) is 6.18. The van der Waals surface area contributed by atoms with Crippen molar-refractivity contribution in [3.63, 3.8) is 0 Å². The zero-order valence-electron chi connectivity index (χ0n) is 11.7. The molecule has 110 valence electrons. The Morgan fingerprint density at radius 2 is 1.80 bits per heavy atom. The van der Waals surface area contributed by atoms with Crippen molar-refractivity contribution in [1.29, 1.82) is 0 Å². The van der Waals surface area contributed by atoms with Gasteiger partial charge in [0, 0.05) is 6.42 Å². The molecule has 0 aliphatic carbocycles. The molecule has 5 nitrogen and oxygen atoms in total. The predicted octanol–water partition coefficient (Wildman–Crippen LogP) is 1.21. The molecule has 0 fully saturated rings. The number of hydrogen-bond acceptors (Lipinski definition) is 3. The van der Waals surface area contributed by atoms with Crippen LogP contribution in [0.2, 0.25) is 0 Å². The van der Waals surface area contributed by atoms with Crippen molar-refractivity contribution < 1.29 is 19.8 Å². The molecule has 3 N–H and O–H groups in total. The maximum atomic E-state index is 11.8. The van der Waals surface area contributed by atoms with E-state index in [2.05, 4.69) is 5.32 Å². The van der Waals surface area contributed by atoms with E-state index < -0.39 is 24.0 Å².